The highest BCUT2D eigenvalue weighted by molar-refractivity contribution is 5.89. The lowest BCUT2D eigenvalue weighted by atomic mass is 10.3. The first-order valence-corrected chi connectivity index (χ1v) is 6.22. The second-order valence-electron chi connectivity index (χ2n) is 4.26. The Morgan fingerprint density at radius 1 is 1.39 bits per heavy atom. The average molecular weight is 339 g/mol. The first-order valence-electron chi connectivity index (χ1n) is 6.22. The molecule has 1 aromatic rings. The van der Waals surface area contributed by atoms with E-state index >= 15 is 0 Å². The Morgan fingerprint density at radius 2 is 2.09 bits per heavy atom. The molecule has 11 heteroatoms. The van der Waals surface area contributed by atoms with Gasteiger partial charge in [0.15, 0.2) is 6.61 Å². The number of anilines is 1. The molecule has 0 saturated carbocycles. The molecule has 0 bridgehead atoms. The van der Waals surface area contributed by atoms with Crippen molar-refractivity contribution in [2.24, 2.45) is 0 Å². The van der Waals surface area contributed by atoms with Crippen LogP contribution in [0.25, 0.3) is 0 Å². The molecule has 23 heavy (non-hydrogen) atoms. The van der Waals surface area contributed by atoms with Crippen molar-refractivity contribution in [3.63, 3.8) is 0 Å². The summed E-state index contributed by atoms with van der Waals surface area (Å²) in [5, 5.41) is 12.9. The minimum Gasteiger partial charge on any atom is -0.481 e. The van der Waals surface area contributed by atoms with Crippen molar-refractivity contribution < 1.29 is 37.0 Å². The number of halogens is 4. The lowest BCUT2D eigenvalue weighted by molar-refractivity contribution is -0.148. The van der Waals surface area contributed by atoms with Gasteiger partial charge in [0.2, 0.25) is 5.88 Å². The zero-order chi connectivity index (χ0) is 17.5. The quantitative estimate of drug-likeness (QED) is 0.629. The van der Waals surface area contributed by atoms with Gasteiger partial charge in [0.1, 0.15) is 0 Å². The molecular weight excluding hydrogens is 326 g/mol. The minimum atomic E-state index is -4.32. The van der Waals surface area contributed by atoms with Gasteiger partial charge in [-0.15, -0.1) is 0 Å². The van der Waals surface area contributed by atoms with Crippen LogP contribution in [0.3, 0.4) is 0 Å². The maximum absolute atomic E-state index is 12.7. The van der Waals surface area contributed by atoms with E-state index in [2.05, 4.69) is 20.4 Å². The third-order valence-electron chi connectivity index (χ3n) is 2.35. The molecule has 128 valence electrons. The fourth-order valence-corrected chi connectivity index (χ4v) is 1.26. The van der Waals surface area contributed by atoms with Crippen molar-refractivity contribution >= 4 is 17.7 Å². The molecule has 0 aliphatic rings. The molecule has 0 atom stereocenters. The lowest BCUT2D eigenvalue weighted by Crippen LogP contribution is -2.34. The molecule has 1 rings (SSSR count). The van der Waals surface area contributed by atoms with Gasteiger partial charge in [-0.25, -0.2) is 18.6 Å². The van der Waals surface area contributed by atoms with Crippen molar-refractivity contribution in [1.82, 2.24) is 10.3 Å². The van der Waals surface area contributed by atoms with Crippen molar-refractivity contribution in [3.8, 4) is 5.88 Å². The highest BCUT2D eigenvalue weighted by Gasteiger charge is 2.41. The van der Waals surface area contributed by atoms with Crippen molar-refractivity contribution in [1.29, 1.82) is 0 Å². The molecule has 0 aliphatic heterocycles. The second kappa shape index (κ2) is 8.15. The third-order valence-corrected chi connectivity index (χ3v) is 2.35. The first-order chi connectivity index (χ1) is 10.7. The summed E-state index contributed by atoms with van der Waals surface area (Å²) in [7, 11) is 0. The lowest BCUT2D eigenvalue weighted by Gasteiger charge is -2.15. The monoisotopic (exact) mass is 339 g/mol. The van der Waals surface area contributed by atoms with Gasteiger partial charge in [-0.1, -0.05) is 0 Å². The number of pyridine rings is 1. The largest absolute Gasteiger partial charge is 0.481 e. The topological polar surface area (TPSA) is 101 Å². The Hall–Kier alpha value is -2.59. The normalized spacial score (nSPS) is 11.2. The zero-order valence-corrected chi connectivity index (χ0v) is 11.6. The van der Waals surface area contributed by atoms with Crippen LogP contribution in [0.2, 0.25) is 0 Å². The molecule has 0 radical (unpaired) electrons. The summed E-state index contributed by atoms with van der Waals surface area (Å²) < 4.78 is 53.9. The van der Waals surface area contributed by atoms with Crippen LogP contribution in [-0.2, 0) is 4.79 Å². The summed E-state index contributed by atoms with van der Waals surface area (Å²) in [6, 6.07) is 1.62. The summed E-state index contributed by atoms with van der Waals surface area (Å²) in [6.45, 7) is -1.68. The zero-order valence-electron chi connectivity index (χ0n) is 11.6. The number of aliphatic carboxylic acids is 1. The van der Waals surface area contributed by atoms with E-state index in [0.29, 0.717) is 0 Å². The van der Waals surface area contributed by atoms with E-state index in [-0.39, 0.29) is 24.5 Å². The Morgan fingerprint density at radius 3 is 2.70 bits per heavy atom. The molecule has 0 fully saturated rings. The molecule has 0 saturated heterocycles. The van der Waals surface area contributed by atoms with Gasteiger partial charge in [-0.2, -0.15) is 8.78 Å². The molecule has 7 nitrogen and oxygen atoms in total. The van der Waals surface area contributed by atoms with Crippen molar-refractivity contribution in [3.05, 3.63) is 18.3 Å². The highest BCUT2D eigenvalue weighted by atomic mass is 19.3. The molecule has 2 amide bonds. The maximum Gasteiger partial charge on any atom is 0.340 e. The Kier molecular flexibility index (Phi) is 6.54. The van der Waals surface area contributed by atoms with E-state index < -0.39 is 31.0 Å². The van der Waals surface area contributed by atoms with E-state index in [0.717, 1.165) is 12.3 Å². The van der Waals surface area contributed by atoms with E-state index in [9.17, 15) is 27.2 Å². The maximum atomic E-state index is 12.7. The van der Waals surface area contributed by atoms with Gasteiger partial charge < -0.3 is 20.5 Å². The van der Waals surface area contributed by atoms with E-state index in [1.54, 1.807) is 0 Å². The van der Waals surface area contributed by atoms with Crippen molar-refractivity contribution in [2.45, 2.75) is 18.8 Å². The predicted molar refractivity (Wildman–Crippen MR) is 70.0 cm³/mol. The number of carbonyl (C=O) groups is 2. The van der Waals surface area contributed by atoms with E-state index in [1.807, 2.05) is 0 Å². The van der Waals surface area contributed by atoms with Gasteiger partial charge in [0.05, 0.1) is 6.42 Å². The second-order valence-corrected chi connectivity index (χ2v) is 4.26. The average Bonchev–Trinajstić information content (AvgIpc) is 2.45. The van der Waals surface area contributed by atoms with Gasteiger partial charge in [-0.3, -0.25) is 4.79 Å². The number of ether oxygens (including phenoxy) is 1. The Bertz CT molecular complexity index is 557. The van der Waals surface area contributed by atoms with Gasteiger partial charge in [-0.05, 0) is 6.07 Å². The number of nitrogens with zero attached hydrogens (tertiary/aromatic N) is 1. The number of urea groups is 1. The molecule has 3 N–H and O–H groups in total. The van der Waals surface area contributed by atoms with Crippen LogP contribution in [-0.4, -0.2) is 47.6 Å². The number of hydrogen-bond donors (Lipinski definition) is 3. The number of alkyl halides is 4. The fourth-order valence-electron chi connectivity index (χ4n) is 1.26. The van der Waals surface area contributed by atoms with Gasteiger partial charge in [0, 0.05) is 24.5 Å². The molecule has 0 aromatic carbocycles. The minimum absolute atomic E-state index is 0.100. The summed E-state index contributed by atoms with van der Waals surface area (Å²) in [5.41, 5.74) is 0.100. The molecule has 1 heterocycles. The van der Waals surface area contributed by atoms with Crippen LogP contribution in [0.4, 0.5) is 28.0 Å². The summed E-state index contributed by atoms with van der Waals surface area (Å²) >= 11 is 0. The summed E-state index contributed by atoms with van der Waals surface area (Å²) in [6.07, 6.45) is -3.03. The number of nitrogens with one attached hydrogen (secondary N) is 2. The molecule has 0 aliphatic carbocycles. The number of amides is 2. The number of carboxylic acids is 1. The van der Waals surface area contributed by atoms with Crippen LogP contribution >= 0.6 is 0 Å². The van der Waals surface area contributed by atoms with Crippen LogP contribution in [0.5, 0.6) is 5.88 Å². The standard InChI is InChI=1S/C12H13F4N3O4/c13-10(14)12(15,16)6-23-8-5-7(1-3-17-8)19-11(22)18-4-2-9(20)21/h1,3,5,10H,2,4,6H2,(H,20,21)(H2,17,18,19,22). The first kappa shape index (κ1) is 18.5. The number of carbonyl (C=O) groups excluding carboxylic acids is 1. The van der Waals surface area contributed by atoms with E-state index in [4.69, 9.17) is 5.11 Å². The van der Waals surface area contributed by atoms with Crippen LogP contribution < -0.4 is 15.4 Å². The van der Waals surface area contributed by atoms with E-state index in [1.165, 1.54) is 6.07 Å². The molecule has 0 spiro atoms. The predicted octanol–water partition coefficient (Wildman–Crippen LogP) is 1.96. The fraction of sp³-hybridized carbons (Fsp3) is 0.417. The summed E-state index contributed by atoms with van der Waals surface area (Å²) in [4.78, 5) is 25.2. The molecule has 0 unspecified atom stereocenters. The smallest absolute Gasteiger partial charge is 0.340 e. The van der Waals surface area contributed by atoms with Gasteiger partial charge in [0.25, 0.3) is 0 Å². The van der Waals surface area contributed by atoms with Crippen LogP contribution in [0.15, 0.2) is 18.3 Å². The third kappa shape index (κ3) is 6.80. The molecule has 1 aromatic heterocycles. The van der Waals surface area contributed by atoms with Gasteiger partial charge >= 0.3 is 24.3 Å². The van der Waals surface area contributed by atoms with Crippen LogP contribution in [0.1, 0.15) is 6.42 Å². The highest BCUT2D eigenvalue weighted by Crippen LogP contribution is 2.24. The molecular formula is C12H13F4N3O4. The number of rotatable bonds is 8. The number of carboxylic acid groups (broad SMARTS) is 1. The number of aromatic nitrogens is 1. The summed E-state index contributed by atoms with van der Waals surface area (Å²) in [5.74, 6) is -5.79. The van der Waals surface area contributed by atoms with Crippen LogP contribution in [0, 0.1) is 0 Å². The number of hydrogen-bond acceptors (Lipinski definition) is 4. The SMILES string of the molecule is O=C(O)CCNC(=O)Nc1ccnc(OCC(F)(F)C(F)F)c1. The van der Waals surface area contributed by atoms with Crippen molar-refractivity contribution in [2.75, 3.05) is 18.5 Å². The Labute approximate surface area is 127 Å². The Balaban J connectivity index is 2.53.